The number of rotatable bonds is 3. The van der Waals surface area contributed by atoms with E-state index in [0.29, 0.717) is 6.42 Å². The first kappa shape index (κ1) is 12.1. The van der Waals surface area contributed by atoms with Gasteiger partial charge < -0.3 is 0 Å². The van der Waals surface area contributed by atoms with E-state index in [1.807, 2.05) is 20.8 Å². The molecule has 1 heterocycles. The molecular formula is C15H16OS. The number of Topliss-reactive ketones (excluding diaryl/α,β-unsaturated/α-hetero) is 1. The van der Waals surface area contributed by atoms with E-state index < -0.39 is 0 Å². The molecule has 0 aliphatic heterocycles. The summed E-state index contributed by atoms with van der Waals surface area (Å²) in [5, 5.41) is 2.07. The van der Waals surface area contributed by atoms with E-state index in [1.54, 1.807) is 11.3 Å². The molecule has 0 aliphatic rings. The Labute approximate surface area is 106 Å². The van der Waals surface area contributed by atoms with Crippen LogP contribution in [-0.4, -0.2) is 5.78 Å². The van der Waals surface area contributed by atoms with Crippen molar-refractivity contribution in [1.82, 2.24) is 0 Å². The fourth-order valence-corrected chi connectivity index (χ4v) is 2.88. The lowest BCUT2D eigenvalue weighted by Crippen LogP contribution is -2.03. The number of carbonyl (C=O) groups excluding carboxylic acids is 1. The Kier molecular flexibility index (Phi) is 3.43. The maximum atomic E-state index is 11.9. The lowest BCUT2D eigenvalue weighted by Gasteiger charge is -2.10. The molecule has 2 aromatic rings. The van der Waals surface area contributed by atoms with Crippen LogP contribution >= 0.6 is 11.3 Å². The zero-order valence-electron chi connectivity index (χ0n) is 10.4. The van der Waals surface area contributed by atoms with E-state index in [1.165, 1.54) is 10.4 Å². The summed E-state index contributed by atoms with van der Waals surface area (Å²) in [5.74, 6) is 0.234. The van der Waals surface area contributed by atoms with E-state index in [4.69, 9.17) is 0 Å². The van der Waals surface area contributed by atoms with Gasteiger partial charge in [-0.3, -0.25) is 4.79 Å². The topological polar surface area (TPSA) is 17.1 Å². The summed E-state index contributed by atoms with van der Waals surface area (Å²) in [4.78, 5) is 13.1. The van der Waals surface area contributed by atoms with Crippen LogP contribution in [0.5, 0.6) is 0 Å². The van der Waals surface area contributed by atoms with Crippen LogP contribution in [-0.2, 0) is 0 Å². The van der Waals surface area contributed by atoms with Crippen LogP contribution in [0.25, 0.3) is 10.4 Å². The number of hydrogen-bond donors (Lipinski definition) is 0. The third-order valence-electron chi connectivity index (χ3n) is 2.94. The molecule has 0 N–H and O–H groups in total. The molecule has 0 aliphatic carbocycles. The van der Waals surface area contributed by atoms with E-state index in [2.05, 4.69) is 29.6 Å². The molecule has 1 aromatic carbocycles. The number of carbonyl (C=O) groups is 1. The Bertz CT molecular complexity index is 515. The Morgan fingerprint density at radius 2 is 1.88 bits per heavy atom. The first-order valence-electron chi connectivity index (χ1n) is 5.81. The molecule has 0 radical (unpaired) electrons. The summed E-state index contributed by atoms with van der Waals surface area (Å²) in [6.07, 6.45) is 0.569. The normalized spacial score (nSPS) is 10.5. The molecule has 0 spiro atoms. The highest BCUT2D eigenvalue weighted by atomic mass is 32.1. The molecule has 17 heavy (non-hydrogen) atoms. The molecule has 0 atom stereocenters. The second kappa shape index (κ2) is 4.84. The maximum Gasteiger partial charge on any atom is 0.163 e. The average Bonchev–Trinajstić information content (AvgIpc) is 2.81. The van der Waals surface area contributed by atoms with Crippen LogP contribution in [0.2, 0.25) is 0 Å². The lowest BCUT2D eigenvalue weighted by molar-refractivity contribution is 0.0987. The van der Waals surface area contributed by atoms with Crippen molar-refractivity contribution >= 4 is 17.1 Å². The number of thiophene rings is 1. The van der Waals surface area contributed by atoms with Gasteiger partial charge in [-0.1, -0.05) is 13.0 Å². The molecule has 0 bridgehead atoms. The van der Waals surface area contributed by atoms with Crippen molar-refractivity contribution in [3.8, 4) is 10.4 Å². The summed E-state index contributed by atoms with van der Waals surface area (Å²) in [6, 6.07) is 8.39. The number of benzene rings is 1. The Hall–Kier alpha value is -1.41. The smallest absolute Gasteiger partial charge is 0.163 e. The minimum absolute atomic E-state index is 0.234. The molecule has 0 fully saturated rings. The fourth-order valence-electron chi connectivity index (χ4n) is 2.17. The predicted octanol–water partition coefficient (Wildman–Crippen LogP) is 4.62. The zero-order valence-corrected chi connectivity index (χ0v) is 11.2. The average molecular weight is 244 g/mol. The zero-order chi connectivity index (χ0) is 12.4. The predicted molar refractivity (Wildman–Crippen MR) is 73.9 cm³/mol. The van der Waals surface area contributed by atoms with E-state index in [9.17, 15) is 4.79 Å². The minimum Gasteiger partial charge on any atom is -0.294 e. The van der Waals surface area contributed by atoms with Crippen molar-refractivity contribution in [3.63, 3.8) is 0 Å². The first-order valence-corrected chi connectivity index (χ1v) is 6.69. The van der Waals surface area contributed by atoms with Crippen molar-refractivity contribution in [2.75, 3.05) is 0 Å². The quantitative estimate of drug-likeness (QED) is 0.720. The van der Waals surface area contributed by atoms with Crippen molar-refractivity contribution in [2.24, 2.45) is 0 Å². The van der Waals surface area contributed by atoms with E-state index in [0.717, 1.165) is 16.7 Å². The highest BCUT2D eigenvalue weighted by molar-refractivity contribution is 7.13. The van der Waals surface area contributed by atoms with Gasteiger partial charge in [-0.2, -0.15) is 0 Å². The lowest BCUT2D eigenvalue weighted by atomic mass is 9.95. The van der Waals surface area contributed by atoms with Gasteiger partial charge in [0, 0.05) is 16.9 Å². The molecule has 1 nitrogen and oxygen atoms in total. The first-order chi connectivity index (χ1) is 8.13. The fraction of sp³-hybridized carbons (Fsp3) is 0.267. The maximum absolute atomic E-state index is 11.9. The molecule has 1 aromatic heterocycles. The Morgan fingerprint density at radius 1 is 1.24 bits per heavy atom. The van der Waals surface area contributed by atoms with Crippen LogP contribution in [0.1, 0.15) is 34.8 Å². The van der Waals surface area contributed by atoms with Gasteiger partial charge in [0.15, 0.2) is 5.78 Å². The van der Waals surface area contributed by atoms with Crippen molar-refractivity contribution < 1.29 is 4.79 Å². The molecule has 0 saturated heterocycles. The van der Waals surface area contributed by atoms with Gasteiger partial charge in [0.2, 0.25) is 0 Å². The van der Waals surface area contributed by atoms with Crippen molar-refractivity contribution in [3.05, 3.63) is 46.3 Å². The van der Waals surface area contributed by atoms with Crippen LogP contribution in [0.15, 0.2) is 29.6 Å². The molecule has 0 amide bonds. The van der Waals surface area contributed by atoms with Gasteiger partial charge in [0.1, 0.15) is 0 Å². The second-order valence-corrected chi connectivity index (χ2v) is 5.19. The largest absolute Gasteiger partial charge is 0.294 e. The van der Waals surface area contributed by atoms with Gasteiger partial charge >= 0.3 is 0 Å². The Morgan fingerprint density at radius 3 is 2.35 bits per heavy atom. The van der Waals surface area contributed by atoms with E-state index in [-0.39, 0.29) is 5.78 Å². The van der Waals surface area contributed by atoms with Gasteiger partial charge in [-0.15, -0.1) is 11.3 Å². The molecule has 88 valence electrons. The van der Waals surface area contributed by atoms with Gasteiger partial charge in [0.25, 0.3) is 0 Å². The minimum atomic E-state index is 0.234. The van der Waals surface area contributed by atoms with Gasteiger partial charge in [-0.25, -0.2) is 0 Å². The summed E-state index contributed by atoms with van der Waals surface area (Å²) in [6.45, 7) is 5.95. The summed E-state index contributed by atoms with van der Waals surface area (Å²) in [7, 11) is 0. The molecule has 0 unspecified atom stereocenters. The summed E-state index contributed by atoms with van der Waals surface area (Å²) in [5.41, 5.74) is 4.27. The van der Waals surface area contributed by atoms with Crippen LogP contribution in [0.4, 0.5) is 0 Å². The third-order valence-corrected chi connectivity index (χ3v) is 3.86. The highest BCUT2D eigenvalue weighted by Gasteiger charge is 2.12. The number of aryl methyl sites for hydroxylation is 2. The molecule has 2 rings (SSSR count). The molecule has 0 saturated carbocycles. The summed E-state index contributed by atoms with van der Waals surface area (Å²) < 4.78 is 0. The highest BCUT2D eigenvalue weighted by Crippen LogP contribution is 2.29. The van der Waals surface area contributed by atoms with Crippen LogP contribution < -0.4 is 0 Å². The second-order valence-electron chi connectivity index (χ2n) is 4.24. The SMILES string of the molecule is CCC(=O)c1c(C)cc(-c2cccs2)cc1C. The molecular weight excluding hydrogens is 228 g/mol. The van der Waals surface area contributed by atoms with Crippen LogP contribution in [0, 0.1) is 13.8 Å². The van der Waals surface area contributed by atoms with Crippen molar-refractivity contribution in [1.29, 1.82) is 0 Å². The van der Waals surface area contributed by atoms with Gasteiger partial charge in [-0.05, 0) is 54.1 Å². The monoisotopic (exact) mass is 244 g/mol. The van der Waals surface area contributed by atoms with E-state index >= 15 is 0 Å². The third kappa shape index (κ3) is 2.32. The summed E-state index contributed by atoms with van der Waals surface area (Å²) >= 11 is 1.73. The van der Waals surface area contributed by atoms with Gasteiger partial charge in [0.05, 0.1) is 0 Å². The van der Waals surface area contributed by atoms with Crippen molar-refractivity contribution in [2.45, 2.75) is 27.2 Å². The van der Waals surface area contributed by atoms with Crippen LogP contribution in [0.3, 0.4) is 0 Å². The Balaban J connectivity index is 2.53. The number of hydrogen-bond acceptors (Lipinski definition) is 2. The molecule has 2 heteroatoms. The standard InChI is InChI=1S/C15H16OS/c1-4-13(16)15-10(2)8-12(9-11(15)3)14-6-5-7-17-14/h5-9H,4H2,1-3H3. The number of ketones is 1.